The molecule has 2 aliphatic rings. The van der Waals surface area contributed by atoms with E-state index >= 15 is 0 Å². The summed E-state index contributed by atoms with van der Waals surface area (Å²) in [6.07, 6.45) is 1.16. The largest absolute Gasteiger partial charge is 0.341 e. The van der Waals surface area contributed by atoms with Crippen molar-refractivity contribution in [3.8, 4) is 0 Å². The summed E-state index contributed by atoms with van der Waals surface area (Å²) in [4.78, 5) is 13.3. The lowest BCUT2D eigenvalue weighted by atomic mass is 10.1. The van der Waals surface area contributed by atoms with E-state index in [9.17, 15) is 4.79 Å². The van der Waals surface area contributed by atoms with E-state index in [2.05, 4.69) is 10.6 Å². The van der Waals surface area contributed by atoms with Gasteiger partial charge in [-0.2, -0.15) is 0 Å². The summed E-state index contributed by atoms with van der Waals surface area (Å²) in [7, 11) is 1.69. The lowest BCUT2D eigenvalue weighted by Crippen LogP contribution is -2.43. The molecule has 2 rings (SSSR count). The van der Waals surface area contributed by atoms with Crippen molar-refractivity contribution < 1.29 is 4.79 Å². The highest BCUT2D eigenvalue weighted by atomic mass is 16.2. The average Bonchev–Trinajstić information content (AvgIpc) is 2.62. The smallest absolute Gasteiger partial charge is 0.317 e. The van der Waals surface area contributed by atoms with E-state index in [0.717, 1.165) is 26.1 Å². The molecular weight excluding hydrogens is 154 g/mol. The van der Waals surface area contributed by atoms with Crippen LogP contribution >= 0.6 is 0 Å². The van der Waals surface area contributed by atoms with Gasteiger partial charge in [-0.25, -0.2) is 4.79 Å². The first-order valence-electron chi connectivity index (χ1n) is 4.52. The van der Waals surface area contributed by atoms with Crippen molar-refractivity contribution in [1.82, 2.24) is 15.5 Å². The highest BCUT2D eigenvalue weighted by Crippen LogP contribution is 2.26. The van der Waals surface area contributed by atoms with Crippen LogP contribution in [0.3, 0.4) is 0 Å². The Kier molecular flexibility index (Phi) is 1.92. The number of hydrogen-bond donors (Lipinski definition) is 2. The molecule has 12 heavy (non-hydrogen) atoms. The van der Waals surface area contributed by atoms with Gasteiger partial charge in [-0.3, -0.25) is 0 Å². The molecule has 0 saturated carbocycles. The van der Waals surface area contributed by atoms with E-state index in [0.29, 0.717) is 12.0 Å². The van der Waals surface area contributed by atoms with E-state index in [1.165, 1.54) is 0 Å². The molecule has 0 spiro atoms. The van der Waals surface area contributed by atoms with Crippen LogP contribution < -0.4 is 10.6 Å². The lowest BCUT2D eigenvalue weighted by Gasteiger charge is -2.22. The number of likely N-dealkylation sites (tertiary alicyclic amines) is 1. The average molecular weight is 169 g/mol. The third kappa shape index (κ3) is 1.06. The van der Waals surface area contributed by atoms with Crippen molar-refractivity contribution >= 4 is 6.03 Å². The first-order valence-corrected chi connectivity index (χ1v) is 4.52. The topological polar surface area (TPSA) is 44.4 Å². The van der Waals surface area contributed by atoms with E-state index in [1.54, 1.807) is 7.05 Å². The summed E-state index contributed by atoms with van der Waals surface area (Å²) in [5.74, 6) is 0.697. The second kappa shape index (κ2) is 2.94. The lowest BCUT2D eigenvalue weighted by molar-refractivity contribution is 0.194. The fourth-order valence-electron chi connectivity index (χ4n) is 2.24. The molecule has 0 aliphatic carbocycles. The summed E-state index contributed by atoms with van der Waals surface area (Å²) in [5.41, 5.74) is 0. The van der Waals surface area contributed by atoms with Crippen LogP contribution in [0, 0.1) is 5.92 Å². The molecule has 2 unspecified atom stereocenters. The number of fused-ring (bicyclic) bond motifs is 1. The highest BCUT2D eigenvalue weighted by molar-refractivity contribution is 5.74. The second-order valence-corrected chi connectivity index (χ2v) is 3.52. The van der Waals surface area contributed by atoms with Gasteiger partial charge in [0.1, 0.15) is 0 Å². The number of hydrogen-bond acceptors (Lipinski definition) is 2. The molecule has 0 aromatic carbocycles. The van der Waals surface area contributed by atoms with Crippen molar-refractivity contribution in [2.24, 2.45) is 5.92 Å². The van der Waals surface area contributed by atoms with Gasteiger partial charge < -0.3 is 15.5 Å². The number of amides is 2. The zero-order valence-corrected chi connectivity index (χ0v) is 7.34. The van der Waals surface area contributed by atoms with E-state index < -0.39 is 0 Å². The monoisotopic (exact) mass is 169 g/mol. The molecule has 2 heterocycles. The maximum atomic E-state index is 11.3. The van der Waals surface area contributed by atoms with Gasteiger partial charge in [0, 0.05) is 32.7 Å². The molecule has 0 bridgehead atoms. The quantitative estimate of drug-likeness (QED) is 0.519. The van der Waals surface area contributed by atoms with Crippen LogP contribution in [0.25, 0.3) is 0 Å². The molecule has 2 aliphatic heterocycles. The Morgan fingerprint density at radius 2 is 2.42 bits per heavy atom. The van der Waals surface area contributed by atoms with Gasteiger partial charge in [-0.15, -0.1) is 0 Å². The van der Waals surface area contributed by atoms with Crippen LogP contribution in [0.1, 0.15) is 6.42 Å². The van der Waals surface area contributed by atoms with Crippen LogP contribution in [0.5, 0.6) is 0 Å². The van der Waals surface area contributed by atoms with Gasteiger partial charge in [0.2, 0.25) is 0 Å². The Hall–Kier alpha value is -0.770. The maximum absolute atomic E-state index is 11.3. The Morgan fingerprint density at radius 1 is 1.58 bits per heavy atom. The molecule has 2 N–H and O–H groups in total. The van der Waals surface area contributed by atoms with Crippen molar-refractivity contribution in [3.05, 3.63) is 0 Å². The molecule has 4 nitrogen and oxygen atoms in total. The summed E-state index contributed by atoms with van der Waals surface area (Å²) in [5, 5.41) is 5.99. The van der Waals surface area contributed by atoms with Crippen LogP contribution in [-0.2, 0) is 0 Å². The predicted molar refractivity (Wildman–Crippen MR) is 45.9 cm³/mol. The Morgan fingerprint density at radius 3 is 3.17 bits per heavy atom. The summed E-state index contributed by atoms with van der Waals surface area (Å²) < 4.78 is 0. The SMILES string of the molecule is CNC(=O)N1CCC2CNCC21. The summed E-state index contributed by atoms with van der Waals surface area (Å²) in [6, 6.07) is 0.524. The molecule has 0 aromatic heterocycles. The van der Waals surface area contributed by atoms with Crippen LogP contribution in [-0.4, -0.2) is 43.7 Å². The van der Waals surface area contributed by atoms with Crippen LogP contribution in [0.15, 0.2) is 0 Å². The van der Waals surface area contributed by atoms with Crippen molar-refractivity contribution in [2.45, 2.75) is 12.5 Å². The molecule has 2 saturated heterocycles. The number of rotatable bonds is 0. The Balaban J connectivity index is 2.04. The van der Waals surface area contributed by atoms with Crippen LogP contribution in [0.4, 0.5) is 4.79 Å². The van der Waals surface area contributed by atoms with Gasteiger partial charge >= 0.3 is 6.03 Å². The van der Waals surface area contributed by atoms with Gasteiger partial charge in [0.05, 0.1) is 0 Å². The number of nitrogens with zero attached hydrogens (tertiary/aromatic N) is 1. The zero-order chi connectivity index (χ0) is 8.55. The molecule has 68 valence electrons. The Bertz CT molecular complexity index is 195. The van der Waals surface area contributed by atoms with Crippen molar-refractivity contribution in [1.29, 1.82) is 0 Å². The minimum Gasteiger partial charge on any atom is -0.341 e. The number of nitrogens with one attached hydrogen (secondary N) is 2. The van der Waals surface area contributed by atoms with E-state index in [1.807, 2.05) is 4.90 Å². The number of carbonyl (C=O) groups is 1. The van der Waals surface area contributed by atoms with Gasteiger partial charge in [0.15, 0.2) is 0 Å². The molecule has 0 aromatic rings. The molecular formula is C8H15N3O. The highest BCUT2D eigenvalue weighted by Gasteiger charge is 2.39. The Labute approximate surface area is 72.3 Å². The van der Waals surface area contributed by atoms with E-state index in [-0.39, 0.29) is 6.03 Å². The standard InChI is InChI=1S/C8H15N3O/c1-9-8(12)11-3-2-6-4-10-5-7(6)11/h6-7,10H,2-5H2,1H3,(H,9,12). The molecule has 2 atom stereocenters. The normalized spacial score (nSPS) is 33.6. The molecule has 2 fully saturated rings. The zero-order valence-electron chi connectivity index (χ0n) is 7.34. The number of urea groups is 1. The van der Waals surface area contributed by atoms with Gasteiger partial charge in [0.25, 0.3) is 0 Å². The van der Waals surface area contributed by atoms with Crippen molar-refractivity contribution in [3.63, 3.8) is 0 Å². The predicted octanol–water partition coefficient (Wildman–Crippen LogP) is -0.380. The number of carbonyl (C=O) groups excluding carboxylic acids is 1. The maximum Gasteiger partial charge on any atom is 0.317 e. The van der Waals surface area contributed by atoms with Crippen LogP contribution in [0.2, 0.25) is 0 Å². The molecule has 4 heteroatoms. The minimum atomic E-state index is 0.0752. The van der Waals surface area contributed by atoms with Gasteiger partial charge in [-0.1, -0.05) is 0 Å². The minimum absolute atomic E-state index is 0.0752. The molecule has 0 radical (unpaired) electrons. The second-order valence-electron chi connectivity index (χ2n) is 3.52. The third-order valence-electron chi connectivity index (χ3n) is 2.92. The fourth-order valence-corrected chi connectivity index (χ4v) is 2.24. The summed E-state index contributed by atoms with van der Waals surface area (Å²) in [6.45, 7) is 2.98. The summed E-state index contributed by atoms with van der Waals surface area (Å²) >= 11 is 0. The molecule has 2 amide bonds. The first kappa shape index (κ1) is 7.86. The third-order valence-corrected chi connectivity index (χ3v) is 2.92. The van der Waals surface area contributed by atoms with E-state index in [4.69, 9.17) is 0 Å². The van der Waals surface area contributed by atoms with Crippen molar-refractivity contribution in [2.75, 3.05) is 26.7 Å². The first-order chi connectivity index (χ1) is 5.83. The fraction of sp³-hybridized carbons (Fsp3) is 0.875. The van der Waals surface area contributed by atoms with Gasteiger partial charge in [-0.05, 0) is 12.3 Å².